The van der Waals surface area contributed by atoms with Gasteiger partial charge in [0.25, 0.3) is 0 Å². The third-order valence-electron chi connectivity index (χ3n) is 4.30. The number of hydrogen-bond acceptors (Lipinski definition) is 5. The number of fused-ring (bicyclic) bond motifs is 1. The second kappa shape index (κ2) is 5.60. The number of aryl methyl sites for hydroxylation is 1. The van der Waals surface area contributed by atoms with E-state index in [-0.39, 0.29) is 0 Å². The molecule has 0 amide bonds. The largest absolute Gasteiger partial charge is 0.477 e. The predicted molar refractivity (Wildman–Crippen MR) is 84.3 cm³/mol. The molecule has 0 spiro atoms. The van der Waals surface area contributed by atoms with Crippen LogP contribution < -0.4 is 4.90 Å². The molecule has 112 valence electrons. The SMILES string of the molecule is CCC1CCCN(c2ncnc3sc(C(=O)O)c(C)c23)C1. The van der Waals surface area contributed by atoms with Crippen LogP contribution in [0.1, 0.15) is 41.4 Å². The molecule has 6 heteroatoms. The zero-order valence-electron chi connectivity index (χ0n) is 12.3. The Morgan fingerprint density at radius 3 is 3.05 bits per heavy atom. The minimum atomic E-state index is -0.883. The molecule has 2 aromatic heterocycles. The molecule has 3 rings (SSSR count). The van der Waals surface area contributed by atoms with E-state index in [0.29, 0.717) is 10.8 Å². The van der Waals surface area contributed by atoms with Gasteiger partial charge in [-0.1, -0.05) is 13.3 Å². The Kier molecular flexibility index (Phi) is 3.80. The van der Waals surface area contributed by atoms with Crippen LogP contribution >= 0.6 is 11.3 Å². The van der Waals surface area contributed by atoms with Crippen LogP contribution in [-0.4, -0.2) is 34.1 Å². The molecule has 2 aromatic rings. The molecule has 3 heterocycles. The molecular weight excluding hydrogens is 286 g/mol. The van der Waals surface area contributed by atoms with Crippen LogP contribution in [0.2, 0.25) is 0 Å². The maximum atomic E-state index is 11.3. The summed E-state index contributed by atoms with van der Waals surface area (Å²) in [6.07, 6.45) is 5.16. The number of anilines is 1. The highest BCUT2D eigenvalue weighted by Gasteiger charge is 2.24. The summed E-state index contributed by atoms with van der Waals surface area (Å²) in [5.41, 5.74) is 0.789. The first kappa shape index (κ1) is 14.3. The number of carboxylic acids is 1. The fourth-order valence-corrected chi connectivity index (χ4v) is 4.07. The minimum Gasteiger partial charge on any atom is -0.477 e. The van der Waals surface area contributed by atoms with Gasteiger partial charge < -0.3 is 10.0 Å². The van der Waals surface area contributed by atoms with E-state index in [1.165, 1.54) is 30.6 Å². The van der Waals surface area contributed by atoms with E-state index in [1.807, 2.05) is 6.92 Å². The molecule has 1 unspecified atom stereocenters. The Hall–Kier alpha value is -1.69. The van der Waals surface area contributed by atoms with E-state index < -0.39 is 5.97 Å². The van der Waals surface area contributed by atoms with Crippen LogP contribution in [0.3, 0.4) is 0 Å². The third-order valence-corrected chi connectivity index (χ3v) is 5.48. The van der Waals surface area contributed by atoms with E-state index in [2.05, 4.69) is 21.8 Å². The summed E-state index contributed by atoms with van der Waals surface area (Å²) in [6, 6.07) is 0. The molecule has 0 aliphatic carbocycles. The lowest BCUT2D eigenvalue weighted by Crippen LogP contribution is -2.35. The van der Waals surface area contributed by atoms with Crippen molar-refractivity contribution in [3.05, 3.63) is 16.8 Å². The molecule has 1 aliphatic rings. The van der Waals surface area contributed by atoms with Crippen LogP contribution in [0, 0.1) is 12.8 Å². The molecule has 1 fully saturated rings. The van der Waals surface area contributed by atoms with Gasteiger partial charge in [0.05, 0.1) is 5.39 Å². The minimum absolute atomic E-state index is 0.371. The molecule has 1 N–H and O–H groups in total. The summed E-state index contributed by atoms with van der Waals surface area (Å²) < 4.78 is 0. The molecule has 5 nitrogen and oxygen atoms in total. The quantitative estimate of drug-likeness (QED) is 0.942. The Balaban J connectivity index is 2.08. The standard InChI is InChI=1S/C15H19N3O2S/c1-3-10-5-4-6-18(7-10)13-11-9(2)12(15(19)20)21-14(11)17-8-16-13/h8,10H,3-7H2,1-2H3,(H,19,20). The summed E-state index contributed by atoms with van der Waals surface area (Å²) in [5, 5.41) is 10.2. The Morgan fingerprint density at radius 1 is 1.52 bits per heavy atom. The molecule has 0 saturated carbocycles. The second-order valence-electron chi connectivity index (χ2n) is 5.60. The van der Waals surface area contributed by atoms with Crippen LogP contribution in [0.25, 0.3) is 10.2 Å². The first-order valence-corrected chi connectivity index (χ1v) is 8.15. The van der Waals surface area contributed by atoms with Gasteiger partial charge in [-0.2, -0.15) is 0 Å². The smallest absolute Gasteiger partial charge is 0.346 e. The summed E-state index contributed by atoms with van der Waals surface area (Å²) in [6.45, 7) is 6.07. The number of carboxylic acid groups (broad SMARTS) is 1. The van der Waals surface area contributed by atoms with Crippen molar-refractivity contribution in [2.24, 2.45) is 5.92 Å². The van der Waals surface area contributed by atoms with Crippen molar-refractivity contribution in [1.82, 2.24) is 9.97 Å². The zero-order chi connectivity index (χ0) is 15.0. The van der Waals surface area contributed by atoms with E-state index in [0.717, 1.165) is 34.7 Å². The van der Waals surface area contributed by atoms with Crippen LogP contribution in [0.4, 0.5) is 5.82 Å². The number of aromatic carboxylic acids is 1. The van der Waals surface area contributed by atoms with Gasteiger partial charge in [0.2, 0.25) is 0 Å². The van der Waals surface area contributed by atoms with Crippen LogP contribution in [0.5, 0.6) is 0 Å². The van der Waals surface area contributed by atoms with Crippen molar-refractivity contribution in [1.29, 1.82) is 0 Å². The molecule has 0 radical (unpaired) electrons. The maximum absolute atomic E-state index is 11.3. The Bertz CT molecular complexity index is 683. The lowest BCUT2D eigenvalue weighted by molar-refractivity contribution is 0.0701. The number of rotatable bonds is 3. The topological polar surface area (TPSA) is 66.3 Å². The number of aromatic nitrogens is 2. The summed E-state index contributed by atoms with van der Waals surface area (Å²) >= 11 is 1.24. The lowest BCUT2D eigenvalue weighted by Gasteiger charge is -2.33. The van der Waals surface area contributed by atoms with E-state index >= 15 is 0 Å². The van der Waals surface area contributed by atoms with Crippen molar-refractivity contribution in [3.63, 3.8) is 0 Å². The molecule has 1 saturated heterocycles. The molecular formula is C15H19N3O2S. The monoisotopic (exact) mass is 305 g/mol. The van der Waals surface area contributed by atoms with Crippen molar-refractivity contribution in [2.75, 3.05) is 18.0 Å². The van der Waals surface area contributed by atoms with Gasteiger partial charge in [0.15, 0.2) is 0 Å². The van der Waals surface area contributed by atoms with Crippen molar-refractivity contribution < 1.29 is 9.90 Å². The third kappa shape index (κ3) is 2.48. The van der Waals surface area contributed by atoms with E-state index in [1.54, 1.807) is 6.33 Å². The highest BCUT2D eigenvalue weighted by Crippen LogP contribution is 2.36. The second-order valence-corrected chi connectivity index (χ2v) is 6.60. The van der Waals surface area contributed by atoms with Crippen molar-refractivity contribution in [3.8, 4) is 0 Å². The number of nitrogens with zero attached hydrogens (tertiary/aromatic N) is 3. The van der Waals surface area contributed by atoms with Gasteiger partial charge in [-0.25, -0.2) is 14.8 Å². The highest BCUT2D eigenvalue weighted by atomic mass is 32.1. The number of thiophene rings is 1. The van der Waals surface area contributed by atoms with Gasteiger partial charge in [0, 0.05) is 13.1 Å². The number of piperidine rings is 1. The Labute approximate surface area is 127 Å². The number of carbonyl (C=O) groups is 1. The van der Waals surface area contributed by atoms with E-state index in [4.69, 9.17) is 0 Å². The van der Waals surface area contributed by atoms with Gasteiger partial charge in [0.1, 0.15) is 21.9 Å². The summed E-state index contributed by atoms with van der Waals surface area (Å²) in [7, 11) is 0. The molecule has 1 atom stereocenters. The lowest BCUT2D eigenvalue weighted by atomic mass is 9.95. The van der Waals surface area contributed by atoms with Crippen molar-refractivity contribution >= 4 is 33.3 Å². The van der Waals surface area contributed by atoms with Crippen molar-refractivity contribution in [2.45, 2.75) is 33.1 Å². The molecule has 1 aliphatic heterocycles. The molecule has 0 aromatic carbocycles. The van der Waals surface area contributed by atoms with Crippen LogP contribution in [0.15, 0.2) is 6.33 Å². The fraction of sp³-hybridized carbons (Fsp3) is 0.533. The van der Waals surface area contributed by atoms with Gasteiger partial charge >= 0.3 is 5.97 Å². The zero-order valence-corrected chi connectivity index (χ0v) is 13.1. The predicted octanol–water partition coefficient (Wildman–Crippen LogP) is 3.32. The normalized spacial score (nSPS) is 19.1. The van der Waals surface area contributed by atoms with Crippen LogP contribution in [-0.2, 0) is 0 Å². The average molecular weight is 305 g/mol. The Morgan fingerprint density at radius 2 is 2.33 bits per heavy atom. The highest BCUT2D eigenvalue weighted by molar-refractivity contribution is 7.20. The molecule has 0 bridgehead atoms. The fourth-order valence-electron chi connectivity index (χ4n) is 3.09. The summed E-state index contributed by atoms with van der Waals surface area (Å²) in [5.74, 6) is 0.715. The van der Waals surface area contributed by atoms with E-state index in [9.17, 15) is 9.90 Å². The van der Waals surface area contributed by atoms with Gasteiger partial charge in [-0.3, -0.25) is 0 Å². The average Bonchev–Trinajstić information content (AvgIpc) is 2.85. The first-order chi connectivity index (χ1) is 10.1. The van der Waals surface area contributed by atoms with Gasteiger partial charge in [-0.05, 0) is 31.2 Å². The first-order valence-electron chi connectivity index (χ1n) is 7.34. The van der Waals surface area contributed by atoms with Gasteiger partial charge in [-0.15, -0.1) is 11.3 Å². The summed E-state index contributed by atoms with van der Waals surface area (Å²) in [4.78, 5) is 23.5. The number of hydrogen-bond donors (Lipinski definition) is 1. The molecule has 21 heavy (non-hydrogen) atoms. The maximum Gasteiger partial charge on any atom is 0.346 e.